The van der Waals surface area contributed by atoms with Gasteiger partial charge in [-0.25, -0.2) is 4.37 Å². The highest BCUT2D eigenvalue weighted by Gasteiger charge is 2.14. The molecule has 2 aromatic rings. The van der Waals surface area contributed by atoms with Crippen molar-refractivity contribution in [3.05, 3.63) is 46.2 Å². The highest BCUT2D eigenvalue weighted by molar-refractivity contribution is 7.08. The number of hydrogen-bond acceptors (Lipinski definition) is 4. The van der Waals surface area contributed by atoms with Crippen molar-refractivity contribution in [2.75, 3.05) is 0 Å². The van der Waals surface area contributed by atoms with E-state index in [0.717, 1.165) is 11.5 Å². The van der Waals surface area contributed by atoms with Gasteiger partial charge in [-0.2, -0.15) is 0 Å². The van der Waals surface area contributed by atoms with E-state index in [0.29, 0.717) is 9.90 Å². The highest BCUT2D eigenvalue weighted by atomic mass is 35.5. The predicted octanol–water partition coefficient (Wildman–Crippen LogP) is 2.42. The molecule has 0 aliphatic carbocycles. The second kappa shape index (κ2) is 3.86. The van der Waals surface area contributed by atoms with Crippen molar-refractivity contribution in [3.63, 3.8) is 0 Å². The molecule has 2 rings (SSSR count). The molecule has 0 atom stereocenters. The van der Waals surface area contributed by atoms with Crippen molar-refractivity contribution in [3.8, 4) is 0 Å². The van der Waals surface area contributed by atoms with E-state index in [2.05, 4.69) is 9.36 Å². The first-order valence-electron chi connectivity index (χ1n) is 3.85. The normalized spacial score (nSPS) is 10.1. The Morgan fingerprint density at radius 2 is 2.21 bits per heavy atom. The number of carbonyl (C=O) groups is 1. The molecular formula is C9H5ClN2OS. The summed E-state index contributed by atoms with van der Waals surface area (Å²) in [5, 5.41) is 0.367. The van der Waals surface area contributed by atoms with Crippen LogP contribution in [-0.4, -0.2) is 15.1 Å². The quantitative estimate of drug-likeness (QED) is 0.736. The fraction of sp³-hybridized carbons (Fsp3) is 0. The van der Waals surface area contributed by atoms with Crippen LogP contribution in [0.1, 0.15) is 15.4 Å². The third kappa shape index (κ3) is 1.66. The lowest BCUT2D eigenvalue weighted by Crippen LogP contribution is -2.02. The summed E-state index contributed by atoms with van der Waals surface area (Å²) in [6.45, 7) is 0. The minimum Gasteiger partial charge on any atom is -0.286 e. The zero-order chi connectivity index (χ0) is 9.97. The summed E-state index contributed by atoms with van der Waals surface area (Å²) in [5.74, 6) is -0.182. The number of carbonyl (C=O) groups excluding carboxylic acids is 1. The molecule has 5 heteroatoms. The Bertz CT molecular complexity index is 456. The Labute approximate surface area is 89.5 Å². The third-order valence-corrected chi connectivity index (χ3v) is 2.69. The van der Waals surface area contributed by atoms with Gasteiger partial charge in [0.1, 0.15) is 5.69 Å². The molecule has 0 fully saturated rings. The van der Waals surface area contributed by atoms with Gasteiger partial charge in [-0.05, 0) is 29.7 Å². The number of nitrogens with zero attached hydrogens (tertiary/aromatic N) is 2. The van der Waals surface area contributed by atoms with Gasteiger partial charge in [0.25, 0.3) is 0 Å². The largest absolute Gasteiger partial charge is 0.286 e. The summed E-state index contributed by atoms with van der Waals surface area (Å²) in [7, 11) is 0. The lowest BCUT2D eigenvalue weighted by atomic mass is 10.2. The average Bonchev–Trinajstić information content (AvgIpc) is 2.70. The number of hydrogen-bond donors (Lipinski definition) is 0. The summed E-state index contributed by atoms with van der Waals surface area (Å²) in [6.07, 6.45) is 3.12. The van der Waals surface area contributed by atoms with E-state index in [9.17, 15) is 4.79 Å². The molecule has 2 heterocycles. The molecule has 0 aliphatic heterocycles. The molecule has 0 unspecified atom stereocenters. The molecule has 0 N–H and O–H groups in total. The van der Waals surface area contributed by atoms with E-state index in [1.807, 2.05) is 0 Å². The monoisotopic (exact) mass is 224 g/mol. The second-order valence-corrected chi connectivity index (χ2v) is 3.78. The van der Waals surface area contributed by atoms with Gasteiger partial charge < -0.3 is 0 Å². The van der Waals surface area contributed by atoms with E-state index < -0.39 is 0 Å². The van der Waals surface area contributed by atoms with Crippen LogP contribution in [-0.2, 0) is 0 Å². The molecule has 0 saturated carbocycles. The maximum Gasteiger partial charge on any atom is 0.224 e. The zero-order valence-corrected chi connectivity index (χ0v) is 8.55. The summed E-state index contributed by atoms with van der Waals surface area (Å²) >= 11 is 6.97. The molecule has 70 valence electrons. The van der Waals surface area contributed by atoms with Crippen molar-refractivity contribution < 1.29 is 4.79 Å². The highest BCUT2D eigenvalue weighted by Crippen LogP contribution is 2.18. The Morgan fingerprint density at radius 1 is 1.36 bits per heavy atom. The summed E-state index contributed by atoms with van der Waals surface area (Å²) < 4.78 is 3.85. The van der Waals surface area contributed by atoms with E-state index in [1.165, 1.54) is 0 Å². The van der Waals surface area contributed by atoms with Gasteiger partial charge in [-0.1, -0.05) is 11.6 Å². The van der Waals surface area contributed by atoms with Crippen LogP contribution in [0.5, 0.6) is 0 Å². The van der Waals surface area contributed by atoms with Crippen LogP contribution >= 0.6 is 23.1 Å². The molecule has 14 heavy (non-hydrogen) atoms. The number of halogens is 1. The SMILES string of the molecule is O=C(c1ccns1)c1ncccc1Cl. The van der Waals surface area contributed by atoms with Crippen LogP contribution in [0.25, 0.3) is 0 Å². The van der Waals surface area contributed by atoms with Crippen LogP contribution in [0.3, 0.4) is 0 Å². The molecule has 0 aliphatic rings. The fourth-order valence-electron chi connectivity index (χ4n) is 1.00. The van der Waals surface area contributed by atoms with Crippen LogP contribution in [0.4, 0.5) is 0 Å². The first kappa shape index (κ1) is 9.30. The van der Waals surface area contributed by atoms with Crippen molar-refractivity contribution in [1.29, 1.82) is 0 Å². The maximum atomic E-state index is 11.8. The Kier molecular flexibility index (Phi) is 2.56. The van der Waals surface area contributed by atoms with Crippen molar-refractivity contribution in [2.45, 2.75) is 0 Å². The van der Waals surface area contributed by atoms with Gasteiger partial charge in [0.15, 0.2) is 0 Å². The van der Waals surface area contributed by atoms with E-state index in [-0.39, 0.29) is 11.5 Å². The second-order valence-electron chi connectivity index (χ2n) is 2.54. The molecule has 0 amide bonds. The molecule has 0 aromatic carbocycles. The summed E-state index contributed by atoms with van der Waals surface area (Å²) in [4.78, 5) is 16.2. The number of ketones is 1. The van der Waals surface area contributed by atoms with Gasteiger partial charge in [0.2, 0.25) is 5.78 Å². The molecule has 0 saturated heterocycles. The number of aromatic nitrogens is 2. The van der Waals surface area contributed by atoms with Crippen molar-refractivity contribution in [1.82, 2.24) is 9.36 Å². The first-order valence-corrected chi connectivity index (χ1v) is 5.00. The van der Waals surface area contributed by atoms with Crippen LogP contribution in [0.2, 0.25) is 5.02 Å². The number of pyridine rings is 1. The lowest BCUT2D eigenvalue weighted by Gasteiger charge is -1.98. The average molecular weight is 225 g/mol. The van der Waals surface area contributed by atoms with Crippen LogP contribution in [0.15, 0.2) is 30.6 Å². The minimum absolute atomic E-state index is 0.182. The minimum atomic E-state index is -0.182. The summed E-state index contributed by atoms with van der Waals surface area (Å²) in [5.41, 5.74) is 0.276. The van der Waals surface area contributed by atoms with Crippen molar-refractivity contribution in [2.24, 2.45) is 0 Å². The van der Waals surface area contributed by atoms with Gasteiger partial charge in [0.05, 0.1) is 9.90 Å². The molecule has 0 spiro atoms. The van der Waals surface area contributed by atoms with Crippen molar-refractivity contribution >= 4 is 28.9 Å². The zero-order valence-electron chi connectivity index (χ0n) is 6.98. The standard InChI is InChI=1S/C9H5ClN2OS/c10-6-2-1-4-11-8(6)9(13)7-3-5-12-14-7/h1-5H. The van der Waals surface area contributed by atoms with E-state index in [4.69, 9.17) is 11.6 Å². The van der Waals surface area contributed by atoms with Gasteiger partial charge >= 0.3 is 0 Å². The maximum absolute atomic E-state index is 11.8. The Morgan fingerprint density at radius 3 is 2.86 bits per heavy atom. The van der Waals surface area contributed by atoms with Crippen LogP contribution < -0.4 is 0 Å². The molecule has 0 radical (unpaired) electrons. The van der Waals surface area contributed by atoms with Crippen LogP contribution in [0, 0.1) is 0 Å². The molecule has 0 bridgehead atoms. The van der Waals surface area contributed by atoms with Gasteiger partial charge in [-0.3, -0.25) is 9.78 Å². The summed E-state index contributed by atoms with van der Waals surface area (Å²) in [6, 6.07) is 4.98. The molecule has 3 nitrogen and oxygen atoms in total. The Balaban J connectivity index is 2.42. The van der Waals surface area contributed by atoms with Gasteiger partial charge in [-0.15, -0.1) is 0 Å². The smallest absolute Gasteiger partial charge is 0.224 e. The molecule has 2 aromatic heterocycles. The van der Waals surface area contributed by atoms with E-state index >= 15 is 0 Å². The topological polar surface area (TPSA) is 42.9 Å². The van der Waals surface area contributed by atoms with E-state index in [1.54, 1.807) is 30.6 Å². The third-order valence-electron chi connectivity index (χ3n) is 1.64. The lowest BCUT2D eigenvalue weighted by molar-refractivity contribution is 0.103. The fourth-order valence-corrected chi connectivity index (χ4v) is 1.75. The molecular weight excluding hydrogens is 220 g/mol. The first-order chi connectivity index (χ1) is 6.79. The Hall–Kier alpha value is -1.26. The van der Waals surface area contributed by atoms with Gasteiger partial charge in [0, 0.05) is 12.4 Å². The number of rotatable bonds is 2. The predicted molar refractivity (Wildman–Crippen MR) is 54.8 cm³/mol.